The van der Waals surface area contributed by atoms with Crippen LogP contribution in [0.5, 0.6) is 0 Å². The normalized spacial score (nSPS) is 20.1. The van der Waals surface area contributed by atoms with Gasteiger partial charge in [-0.2, -0.15) is 0 Å². The van der Waals surface area contributed by atoms with Gasteiger partial charge in [-0.25, -0.2) is 4.98 Å². The van der Waals surface area contributed by atoms with Gasteiger partial charge < -0.3 is 14.6 Å². The molecule has 1 saturated heterocycles. The average Bonchev–Trinajstić information content (AvgIpc) is 2.71. The Kier molecular flexibility index (Phi) is 2.64. The van der Waals surface area contributed by atoms with Gasteiger partial charge in [-0.05, 0) is 6.42 Å². The minimum absolute atomic E-state index is 0.187. The lowest BCUT2D eigenvalue weighted by molar-refractivity contribution is -0.140. The maximum atomic E-state index is 11.7. The molecule has 0 saturated carbocycles. The van der Waals surface area contributed by atoms with Crippen LogP contribution in [0.15, 0.2) is 17.2 Å². The van der Waals surface area contributed by atoms with Crippen LogP contribution in [-0.4, -0.2) is 33.7 Å². The van der Waals surface area contributed by atoms with Crippen LogP contribution in [0, 0.1) is 5.92 Å². The average molecular weight is 223 g/mol. The molecule has 1 aromatic rings. The lowest BCUT2D eigenvalue weighted by atomic mass is 10.1. The van der Waals surface area contributed by atoms with E-state index in [0.717, 1.165) is 0 Å². The van der Waals surface area contributed by atoms with Crippen molar-refractivity contribution in [3.8, 4) is 0 Å². The van der Waals surface area contributed by atoms with Crippen molar-refractivity contribution in [3.05, 3.63) is 22.7 Å². The fourth-order valence-electron chi connectivity index (χ4n) is 1.86. The number of aromatic nitrogens is 2. The Morgan fingerprint density at radius 1 is 1.62 bits per heavy atom. The molecule has 0 bridgehead atoms. The number of nitrogens with zero attached hydrogens (tertiary/aromatic N) is 3. The Morgan fingerprint density at radius 3 is 3.00 bits per heavy atom. The summed E-state index contributed by atoms with van der Waals surface area (Å²) < 4.78 is 1.44. The fourth-order valence-corrected chi connectivity index (χ4v) is 1.86. The largest absolute Gasteiger partial charge is 0.481 e. The molecule has 0 unspecified atom stereocenters. The third kappa shape index (κ3) is 1.78. The lowest BCUT2D eigenvalue weighted by Crippen LogP contribution is -2.31. The van der Waals surface area contributed by atoms with Crippen molar-refractivity contribution >= 4 is 11.8 Å². The van der Waals surface area contributed by atoms with Gasteiger partial charge in [0.25, 0.3) is 5.56 Å². The summed E-state index contributed by atoms with van der Waals surface area (Å²) >= 11 is 0. The van der Waals surface area contributed by atoms with Crippen molar-refractivity contribution in [1.29, 1.82) is 0 Å². The van der Waals surface area contributed by atoms with E-state index in [1.807, 2.05) is 0 Å². The molecule has 1 aliphatic heterocycles. The van der Waals surface area contributed by atoms with E-state index in [0.29, 0.717) is 25.3 Å². The first-order chi connectivity index (χ1) is 7.59. The number of anilines is 1. The fraction of sp³-hybridized carbons (Fsp3) is 0.500. The molecule has 0 aliphatic carbocycles. The number of rotatable bonds is 2. The highest BCUT2D eigenvalue weighted by Gasteiger charge is 2.29. The quantitative estimate of drug-likeness (QED) is 0.744. The van der Waals surface area contributed by atoms with Gasteiger partial charge >= 0.3 is 5.97 Å². The van der Waals surface area contributed by atoms with Crippen LogP contribution >= 0.6 is 0 Å². The predicted octanol–water partition coefficient (Wildman–Crippen LogP) is -0.309. The molecule has 1 fully saturated rings. The monoisotopic (exact) mass is 223 g/mol. The molecule has 6 nitrogen and oxygen atoms in total. The second-order valence-electron chi connectivity index (χ2n) is 3.94. The van der Waals surface area contributed by atoms with Crippen molar-refractivity contribution < 1.29 is 9.90 Å². The van der Waals surface area contributed by atoms with Crippen LogP contribution < -0.4 is 10.5 Å². The first kappa shape index (κ1) is 10.7. The molecule has 0 amide bonds. The van der Waals surface area contributed by atoms with E-state index in [1.54, 1.807) is 24.3 Å². The van der Waals surface area contributed by atoms with Crippen molar-refractivity contribution in [2.45, 2.75) is 6.42 Å². The summed E-state index contributed by atoms with van der Waals surface area (Å²) in [5.41, 5.74) is -0.187. The number of hydrogen-bond acceptors (Lipinski definition) is 4. The predicted molar refractivity (Wildman–Crippen MR) is 57.4 cm³/mol. The summed E-state index contributed by atoms with van der Waals surface area (Å²) in [4.78, 5) is 28.3. The Hall–Kier alpha value is -1.85. The molecule has 1 atom stereocenters. The van der Waals surface area contributed by atoms with Crippen molar-refractivity contribution in [2.24, 2.45) is 13.0 Å². The van der Waals surface area contributed by atoms with Crippen LogP contribution in [0.25, 0.3) is 0 Å². The van der Waals surface area contributed by atoms with Gasteiger partial charge in [0.1, 0.15) is 0 Å². The maximum absolute atomic E-state index is 11.7. The molecule has 0 spiro atoms. The Bertz CT molecular complexity index is 469. The topological polar surface area (TPSA) is 75.4 Å². The van der Waals surface area contributed by atoms with Gasteiger partial charge in [-0.15, -0.1) is 0 Å². The first-order valence-corrected chi connectivity index (χ1v) is 5.09. The van der Waals surface area contributed by atoms with Gasteiger partial charge in [-0.1, -0.05) is 0 Å². The van der Waals surface area contributed by atoms with Crippen LogP contribution in [0.4, 0.5) is 5.82 Å². The molecular weight excluding hydrogens is 210 g/mol. The molecule has 0 radical (unpaired) electrons. The number of carboxylic acid groups (broad SMARTS) is 1. The van der Waals surface area contributed by atoms with Crippen molar-refractivity contribution in [2.75, 3.05) is 18.0 Å². The summed E-state index contributed by atoms with van der Waals surface area (Å²) in [7, 11) is 1.65. The SMILES string of the molecule is Cn1ccnc(N2CC[C@H](C(=O)O)C2)c1=O. The highest BCUT2D eigenvalue weighted by atomic mass is 16.4. The second-order valence-corrected chi connectivity index (χ2v) is 3.94. The number of carbonyl (C=O) groups is 1. The summed E-state index contributed by atoms with van der Waals surface area (Å²) in [6.45, 7) is 0.935. The number of aliphatic carboxylic acids is 1. The van der Waals surface area contributed by atoms with E-state index in [1.165, 1.54) is 4.57 Å². The van der Waals surface area contributed by atoms with Crippen molar-refractivity contribution in [3.63, 3.8) is 0 Å². The zero-order valence-corrected chi connectivity index (χ0v) is 8.96. The first-order valence-electron chi connectivity index (χ1n) is 5.09. The molecule has 1 aromatic heterocycles. The van der Waals surface area contributed by atoms with Crippen molar-refractivity contribution in [1.82, 2.24) is 9.55 Å². The minimum atomic E-state index is -0.810. The zero-order valence-electron chi connectivity index (χ0n) is 8.96. The number of carboxylic acids is 1. The van der Waals surface area contributed by atoms with Gasteiger partial charge in [0.05, 0.1) is 5.92 Å². The Labute approximate surface area is 92.1 Å². The van der Waals surface area contributed by atoms with Gasteiger partial charge in [0.15, 0.2) is 5.82 Å². The van der Waals surface area contributed by atoms with Crippen LogP contribution in [0.2, 0.25) is 0 Å². The summed E-state index contributed by atoms with van der Waals surface area (Å²) in [6, 6.07) is 0. The lowest BCUT2D eigenvalue weighted by Gasteiger charge is -2.15. The van der Waals surface area contributed by atoms with Crippen LogP contribution in [-0.2, 0) is 11.8 Å². The van der Waals surface area contributed by atoms with E-state index in [2.05, 4.69) is 4.98 Å². The molecule has 2 heterocycles. The highest BCUT2D eigenvalue weighted by Crippen LogP contribution is 2.19. The van der Waals surface area contributed by atoms with E-state index in [4.69, 9.17) is 5.11 Å². The number of aryl methyl sites for hydroxylation is 1. The van der Waals surface area contributed by atoms with E-state index in [-0.39, 0.29) is 5.56 Å². The highest BCUT2D eigenvalue weighted by molar-refractivity contribution is 5.71. The smallest absolute Gasteiger partial charge is 0.308 e. The molecule has 1 N–H and O–H groups in total. The minimum Gasteiger partial charge on any atom is -0.481 e. The van der Waals surface area contributed by atoms with Gasteiger partial charge in [0.2, 0.25) is 0 Å². The zero-order chi connectivity index (χ0) is 11.7. The summed E-state index contributed by atoms with van der Waals surface area (Å²) in [5, 5.41) is 8.87. The molecule has 16 heavy (non-hydrogen) atoms. The Morgan fingerprint density at radius 2 is 2.38 bits per heavy atom. The molecule has 86 valence electrons. The summed E-state index contributed by atoms with van der Waals surface area (Å²) in [6.07, 6.45) is 3.69. The van der Waals surface area contributed by atoms with Gasteiger partial charge in [0, 0.05) is 32.5 Å². The standard InChI is InChI=1S/C10H13N3O3/c1-12-5-3-11-8(9(12)14)13-4-2-7(6-13)10(15)16/h3,5,7H,2,4,6H2,1H3,(H,15,16)/t7-/m0/s1. The van der Waals surface area contributed by atoms with Crippen LogP contribution in [0.1, 0.15) is 6.42 Å². The van der Waals surface area contributed by atoms with E-state index < -0.39 is 11.9 Å². The van der Waals surface area contributed by atoms with Crippen LogP contribution in [0.3, 0.4) is 0 Å². The Balaban J connectivity index is 2.24. The molecule has 2 rings (SSSR count). The van der Waals surface area contributed by atoms with E-state index in [9.17, 15) is 9.59 Å². The van der Waals surface area contributed by atoms with Gasteiger partial charge in [-0.3, -0.25) is 9.59 Å². The maximum Gasteiger partial charge on any atom is 0.308 e. The number of hydrogen-bond donors (Lipinski definition) is 1. The van der Waals surface area contributed by atoms with E-state index >= 15 is 0 Å². The molecule has 1 aliphatic rings. The second kappa shape index (κ2) is 3.96. The summed E-state index contributed by atoms with van der Waals surface area (Å²) in [5.74, 6) is -0.865. The molecular formula is C10H13N3O3. The third-order valence-corrected chi connectivity index (χ3v) is 2.84. The molecule has 0 aromatic carbocycles. The molecule has 6 heteroatoms. The third-order valence-electron chi connectivity index (χ3n) is 2.84.